The number of carbonyl (C=O) groups excluding carboxylic acids is 2. The number of methoxy groups -OCH3 is 1. The molecule has 5 nitrogen and oxygen atoms in total. The molecule has 1 aliphatic rings. The predicted molar refractivity (Wildman–Crippen MR) is 81.7 cm³/mol. The van der Waals surface area contributed by atoms with E-state index in [1.165, 1.54) is 19.6 Å². The molecule has 0 bridgehead atoms. The lowest BCUT2D eigenvalue weighted by atomic mass is 10.1. The highest BCUT2D eigenvalue weighted by atomic mass is 35.5. The standard InChI is InChI=1S/C15H19ClN2O3/c1-21-15(20)11-5-6-12(16)13(9-11)17-14(19)10-18-7-3-2-4-8-18/h5-6,9H,2-4,7-8,10H2,1H3,(H,17,19). The first-order valence-electron chi connectivity index (χ1n) is 7.00. The fourth-order valence-corrected chi connectivity index (χ4v) is 2.54. The van der Waals surface area contributed by atoms with Gasteiger partial charge in [0, 0.05) is 0 Å². The minimum absolute atomic E-state index is 0.124. The van der Waals surface area contributed by atoms with Crippen LogP contribution >= 0.6 is 11.6 Å². The van der Waals surface area contributed by atoms with Crippen LogP contribution in [0.25, 0.3) is 0 Å². The lowest BCUT2D eigenvalue weighted by Gasteiger charge is -2.25. The molecule has 2 rings (SSSR count). The fraction of sp³-hybridized carbons (Fsp3) is 0.467. The molecule has 1 N–H and O–H groups in total. The molecule has 114 valence electrons. The van der Waals surface area contributed by atoms with Crippen molar-refractivity contribution in [3.8, 4) is 0 Å². The van der Waals surface area contributed by atoms with E-state index in [1.54, 1.807) is 12.1 Å². The molecule has 0 atom stereocenters. The normalized spacial score (nSPS) is 15.5. The summed E-state index contributed by atoms with van der Waals surface area (Å²) in [6.45, 7) is 2.24. The van der Waals surface area contributed by atoms with Gasteiger partial charge in [-0.05, 0) is 44.1 Å². The maximum atomic E-state index is 12.1. The van der Waals surface area contributed by atoms with Crippen molar-refractivity contribution in [1.29, 1.82) is 0 Å². The van der Waals surface area contributed by atoms with E-state index in [1.807, 2.05) is 0 Å². The molecule has 0 unspecified atom stereocenters. The fourth-order valence-electron chi connectivity index (χ4n) is 2.38. The maximum Gasteiger partial charge on any atom is 0.337 e. The number of nitrogens with one attached hydrogen (secondary N) is 1. The van der Waals surface area contributed by atoms with Gasteiger partial charge in [-0.25, -0.2) is 4.79 Å². The number of piperidine rings is 1. The molecule has 0 aromatic heterocycles. The van der Waals surface area contributed by atoms with Crippen molar-refractivity contribution in [2.75, 3.05) is 32.1 Å². The first-order chi connectivity index (χ1) is 10.1. The van der Waals surface area contributed by atoms with Gasteiger partial charge in [0.1, 0.15) is 0 Å². The molecular formula is C15H19ClN2O3. The monoisotopic (exact) mass is 310 g/mol. The zero-order chi connectivity index (χ0) is 15.2. The first-order valence-corrected chi connectivity index (χ1v) is 7.38. The molecule has 0 spiro atoms. The van der Waals surface area contributed by atoms with Gasteiger partial charge in [-0.2, -0.15) is 0 Å². The Balaban J connectivity index is 2.00. The Bertz CT molecular complexity index is 528. The predicted octanol–water partition coefficient (Wildman–Crippen LogP) is 2.55. The Labute approximate surface area is 129 Å². The average molecular weight is 311 g/mol. The van der Waals surface area contributed by atoms with E-state index in [-0.39, 0.29) is 5.91 Å². The Morgan fingerprint density at radius 3 is 2.67 bits per heavy atom. The topological polar surface area (TPSA) is 58.6 Å². The third kappa shape index (κ3) is 4.44. The number of nitrogens with zero attached hydrogens (tertiary/aromatic N) is 1. The van der Waals surface area contributed by atoms with Gasteiger partial charge in [-0.1, -0.05) is 18.0 Å². The summed E-state index contributed by atoms with van der Waals surface area (Å²) in [5.41, 5.74) is 0.789. The van der Waals surface area contributed by atoms with Gasteiger partial charge in [-0.3, -0.25) is 9.69 Å². The minimum Gasteiger partial charge on any atom is -0.465 e. The number of halogens is 1. The van der Waals surface area contributed by atoms with Gasteiger partial charge >= 0.3 is 5.97 Å². The van der Waals surface area contributed by atoms with Crippen molar-refractivity contribution in [1.82, 2.24) is 4.90 Å². The summed E-state index contributed by atoms with van der Waals surface area (Å²) in [7, 11) is 1.31. The van der Waals surface area contributed by atoms with Crippen LogP contribution in [-0.4, -0.2) is 43.5 Å². The van der Waals surface area contributed by atoms with Crippen molar-refractivity contribution in [3.63, 3.8) is 0 Å². The number of amides is 1. The minimum atomic E-state index is -0.460. The third-order valence-corrected chi connectivity index (χ3v) is 3.81. The lowest BCUT2D eigenvalue weighted by Crippen LogP contribution is -2.36. The van der Waals surface area contributed by atoms with E-state index in [9.17, 15) is 9.59 Å². The zero-order valence-corrected chi connectivity index (χ0v) is 12.8. The summed E-state index contributed by atoms with van der Waals surface area (Å²) in [6.07, 6.45) is 3.49. The summed E-state index contributed by atoms with van der Waals surface area (Å²) in [5.74, 6) is -0.584. The van der Waals surface area contributed by atoms with Gasteiger partial charge in [0.15, 0.2) is 0 Å². The van der Waals surface area contributed by atoms with E-state index in [0.29, 0.717) is 22.8 Å². The van der Waals surface area contributed by atoms with Crippen molar-refractivity contribution in [2.45, 2.75) is 19.3 Å². The van der Waals surface area contributed by atoms with Crippen LogP contribution in [0.5, 0.6) is 0 Å². The SMILES string of the molecule is COC(=O)c1ccc(Cl)c(NC(=O)CN2CCCCC2)c1. The molecule has 1 amide bonds. The van der Waals surface area contributed by atoms with Gasteiger partial charge in [0.2, 0.25) is 5.91 Å². The number of likely N-dealkylation sites (tertiary alicyclic amines) is 1. The first kappa shape index (κ1) is 15.8. The third-order valence-electron chi connectivity index (χ3n) is 3.48. The molecule has 0 aliphatic carbocycles. The molecule has 1 aromatic rings. The van der Waals surface area contributed by atoms with E-state index in [2.05, 4.69) is 15.0 Å². The number of hydrogen-bond donors (Lipinski definition) is 1. The number of hydrogen-bond acceptors (Lipinski definition) is 4. The largest absolute Gasteiger partial charge is 0.465 e. The van der Waals surface area contributed by atoms with E-state index < -0.39 is 5.97 Å². The Morgan fingerprint density at radius 1 is 1.29 bits per heavy atom. The van der Waals surface area contributed by atoms with Crippen LogP contribution in [-0.2, 0) is 9.53 Å². The van der Waals surface area contributed by atoms with Crippen molar-refractivity contribution >= 4 is 29.2 Å². The molecule has 0 saturated carbocycles. The molecule has 1 saturated heterocycles. The van der Waals surface area contributed by atoms with E-state index in [0.717, 1.165) is 25.9 Å². The van der Waals surface area contributed by atoms with Crippen LogP contribution in [0.15, 0.2) is 18.2 Å². The van der Waals surface area contributed by atoms with Crippen LogP contribution < -0.4 is 5.32 Å². The molecular weight excluding hydrogens is 292 g/mol. The van der Waals surface area contributed by atoms with Gasteiger partial charge in [0.25, 0.3) is 0 Å². The number of ether oxygens (including phenoxy) is 1. The molecule has 21 heavy (non-hydrogen) atoms. The van der Waals surface area contributed by atoms with Gasteiger partial charge < -0.3 is 10.1 Å². The van der Waals surface area contributed by atoms with Crippen LogP contribution in [0.3, 0.4) is 0 Å². The van der Waals surface area contributed by atoms with Gasteiger partial charge in [0.05, 0.1) is 29.9 Å². The molecule has 1 aromatic carbocycles. The Morgan fingerprint density at radius 2 is 2.00 bits per heavy atom. The summed E-state index contributed by atoms with van der Waals surface area (Å²) < 4.78 is 4.65. The highest BCUT2D eigenvalue weighted by molar-refractivity contribution is 6.33. The van der Waals surface area contributed by atoms with Crippen LogP contribution in [0.4, 0.5) is 5.69 Å². The molecule has 1 aliphatic heterocycles. The number of benzene rings is 1. The summed E-state index contributed by atoms with van der Waals surface area (Å²) >= 11 is 6.05. The average Bonchev–Trinajstić information content (AvgIpc) is 2.49. The number of anilines is 1. The van der Waals surface area contributed by atoms with Crippen LogP contribution in [0.2, 0.25) is 5.02 Å². The van der Waals surface area contributed by atoms with Gasteiger partial charge in [-0.15, -0.1) is 0 Å². The molecule has 1 heterocycles. The Kier molecular flexibility index (Phi) is 5.59. The van der Waals surface area contributed by atoms with E-state index in [4.69, 9.17) is 11.6 Å². The van der Waals surface area contributed by atoms with E-state index >= 15 is 0 Å². The number of rotatable bonds is 4. The lowest BCUT2D eigenvalue weighted by molar-refractivity contribution is -0.117. The maximum absolute atomic E-state index is 12.1. The number of esters is 1. The van der Waals surface area contributed by atoms with Crippen molar-refractivity contribution in [3.05, 3.63) is 28.8 Å². The summed E-state index contributed by atoms with van der Waals surface area (Å²) in [4.78, 5) is 25.7. The molecule has 0 radical (unpaired) electrons. The van der Waals surface area contributed by atoms with Crippen molar-refractivity contribution < 1.29 is 14.3 Å². The zero-order valence-electron chi connectivity index (χ0n) is 12.0. The summed E-state index contributed by atoms with van der Waals surface area (Å²) in [6, 6.07) is 4.67. The second-order valence-electron chi connectivity index (χ2n) is 5.07. The molecule has 1 fully saturated rings. The summed E-state index contributed by atoms with van der Waals surface area (Å²) in [5, 5.41) is 3.15. The highest BCUT2D eigenvalue weighted by Crippen LogP contribution is 2.23. The van der Waals surface area contributed by atoms with Crippen LogP contribution in [0, 0.1) is 0 Å². The Hall–Kier alpha value is -1.59. The van der Waals surface area contributed by atoms with Crippen LogP contribution in [0.1, 0.15) is 29.6 Å². The second-order valence-corrected chi connectivity index (χ2v) is 5.48. The highest BCUT2D eigenvalue weighted by Gasteiger charge is 2.15. The molecule has 6 heteroatoms. The van der Waals surface area contributed by atoms with Crippen molar-refractivity contribution in [2.24, 2.45) is 0 Å². The number of carbonyl (C=O) groups is 2. The quantitative estimate of drug-likeness (QED) is 0.868. The second kappa shape index (κ2) is 7.43. The smallest absolute Gasteiger partial charge is 0.337 e.